The van der Waals surface area contributed by atoms with Crippen molar-refractivity contribution < 1.29 is 0 Å². The third-order valence-corrected chi connectivity index (χ3v) is 2.69. The molecule has 20 heavy (non-hydrogen) atoms. The Morgan fingerprint density at radius 2 is 1.85 bits per heavy atom. The molecule has 4 heterocycles. The third kappa shape index (κ3) is 2.11. The van der Waals surface area contributed by atoms with E-state index in [0.29, 0.717) is 28.8 Å². The van der Waals surface area contributed by atoms with Crippen LogP contribution in [0.4, 0.5) is 5.82 Å². The van der Waals surface area contributed by atoms with Crippen molar-refractivity contribution in [3.05, 3.63) is 45.1 Å². The quantitative estimate of drug-likeness (QED) is 0.515. The van der Waals surface area contributed by atoms with Gasteiger partial charge >= 0.3 is 0 Å². The monoisotopic (exact) mass is 271 g/mol. The van der Waals surface area contributed by atoms with Crippen LogP contribution in [0, 0.1) is 0 Å². The van der Waals surface area contributed by atoms with Crippen LogP contribution in [0.2, 0.25) is 0 Å². The fourth-order valence-electron chi connectivity index (χ4n) is 1.71. The minimum atomic E-state index is -0.168. The number of aromatic amines is 3. The fourth-order valence-corrected chi connectivity index (χ4v) is 1.71. The van der Waals surface area contributed by atoms with Crippen LogP contribution in [0.15, 0.2) is 33.4 Å². The molecule has 0 bridgehead atoms. The topological polar surface area (TPSA) is 133 Å². The molecule has 0 radical (unpaired) electrons. The van der Waals surface area contributed by atoms with Gasteiger partial charge in [-0.05, 0) is 0 Å². The average Bonchev–Trinajstić information content (AvgIpc) is 3.08. The molecule has 1 aliphatic rings. The van der Waals surface area contributed by atoms with E-state index in [4.69, 9.17) is 0 Å². The Hall–Kier alpha value is -3.10. The van der Waals surface area contributed by atoms with Gasteiger partial charge in [-0.25, -0.2) is 15.0 Å². The maximum atomic E-state index is 10.9. The number of H-pyrrole nitrogens is 3. The fraction of sp³-hybridized carbons (Fsp3) is 0.0909. The highest BCUT2D eigenvalue weighted by Crippen LogP contribution is 2.14. The Kier molecular flexibility index (Phi) is 2.92. The third-order valence-electron chi connectivity index (χ3n) is 2.69. The Balaban J connectivity index is 0.000000121. The lowest BCUT2D eigenvalue weighted by molar-refractivity contribution is 1.07. The lowest BCUT2D eigenvalue weighted by Crippen LogP contribution is -2.10. The maximum absolute atomic E-state index is 10.9. The highest BCUT2D eigenvalue weighted by atomic mass is 16.1. The van der Waals surface area contributed by atoms with E-state index in [1.807, 2.05) is 0 Å². The van der Waals surface area contributed by atoms with Gasteiger partial charge in [-0.3, -0.25) is 14.7 Å². The number of fused-ring (bicyclic) bond motifs is 2. The predicted molar refractivity (Wildman–Crippen MR) is 71.2 cm³/mol. The van der Waals surface area contributed by atoms with Gasteiger partial charge in [0.1, 0.15) is 5.39 Å². The van der Waals surface area contributed by atoms with Gasteiger partial charge in [-0.2, -0.15) is 5.10 Å². The van der Waals surface area contributed by atoms with Crippen molar-refractivity contribution >= 4 is 23.1 Å². The highest BCUT2D eigenvalue weighted by molar-refractivity contribution is 5.73. The van der Waals surface area contributed by atoms with Gasteiger partial charge in [0.2, 0.25) is 0 Å². The number of rotatable bonds is 0. The van der Waals surface area contributed by atoms with E-state index in [0.717, 1.165) is 0 Å². The van der Waals surface area contributed by atoms with Crippen molar-refractivity contribution in [2.24, 2.45) is 4.99 Å². The van der Waals surface area contributed by atoms with Gasteiger partial charge in [-0.15, -0.1) is 0 Å². The summed E-state index contributed by atoms with van der Waals surface area (Å²) in [5, 5.41) is 6.72. The van der Waals surface area contributed by atoms with Gasteiger partial charge in [0, 0.05) is 12.6 Å². The van der Waals surface area contributed by atoms with Crippen molar-refractivity contribution in [2.75, 3.05) is 0 Å². The second-order valence-electron chi connectivity index (χ2n) is 3.91. The molecule has 9 nitrogen and oxygen atoms in total. The largest absolute Gasteiger partial charge is 0.313 e. The van der Waals surface area contributed by atoms with Crippen LogP contribution in [0.5, 0.6) is 0 Å². The molecule has 0 saturated heterocycles. The summed E-state index contributed by atoms with van der Waals surface area (Å²) in [6, 6.07) is 0. The molecule has 0 amide bonds. The van der Waals surface area contributed by atoms with Gasteiger partial charge in [0.15, 0.2) is 11.5 Å². The number of hydrogen-bond acceptors (Lipinski definition) is 6. The van der Waals surface area contributed by atoms with E-state index in [2.05, 4.69) is 35.1 Å². The van der Waals surface area contributed by atoms with Crippen LogP contribution in [0.25, 0.3) is 11.0 Å². The normalized spacial score (nSPS) is 12.0. The number of aliphatic imine (C=N–C) groups is 1. The summed E-state index contributed by atoms with van der Waals surface area (Å²) in [6.45, 7) is 0. The Morgan fingerprint density at radius 1 is 1.05 bits per heavy atom. The molecule has 100 valence electrons. The maximum Gasteiger partial charge on any atom is 0.261 e. The Labute approximate surface area is 110 Å². The molecule has 0 atom stereocenters. The number of aromatic nitrogens is 6. The predicted octanol–water partition coefficient (Wildman–Crippen LogP) is -0.326. The van der Waals surface area contributed by atoms with Crippen molar-refractivity contribution in [2.45, 2.75) is 6.42 Å². The summed E-state index contributed by atoms with van der Waals surface area (Å²) in [4.78, 5) is 38.3. The summed E-state index contributed by atoms with van der Waals surface area (Å²) in [6.07, 6.45) is 6.44. The second kappa shape index (κ2) is 4.88. The van der Waals surface area contributed by atoms with Gasteiger partial charge in [0.05, 0.1) is 24.4 Å². The minimum Gasteiger partial charge on any atom is -0.313 e. The van der Waals surface area contributed by atoms with Crippen LogP contribution < -0.4 is 11.1 Å². The van der Waals surface area contributed by atoms with Gasteiger partial charge in [0.25, 0.3) is 11.1 Å². The van der Waals surface area contributed by atoms with E-state index in [9.17, 15) is 9.59 Å². The lowest BCUT2D eigenvalue weighted by atomic mass is 10.3. The zero-order chi connectivity index (χ0) is 13.9. The smallest absolute Gasteiger partial charge is 0.261 e. The van der Waals surface area contributed by atoms with Crippen molar-refractivity contribution in [1.82, 2.24) is 30.1 Å². The van der Waals surface area contributed by atoms with E-state index >= 15 is 0 Å². The molecule has 3 aromatic rings. The van der Waals surface area contributed by atoms with Crippen LogP contribution in [0.3, 0.4) is 0 Å². The summed E-state index contributed by atoms with van der Waals surface area (Å²) < 4.78 is 0. The zero-order valence-corrected chi connectivity index (χ0v) is 10.1. The Morgan fingerprint density at radius 3 is 2.65 bits per heavy atom. The Bertz CT molecular complexity index is 889. The summed E-state index contributed by atoms with van der Waals surface area (Å²) in [5.74, 6) is 0.559. The number of hydrogen-bond donors (Lipinski definition) is 3. The number of nitrogens with zero attached hydrogens (tertiary/aromatic N) is 4. The molecular formula is C11H9N7O2. The van der Waals surface area contributed by atoms with Crippen molar-refractivity contribution in [3.8, 4) is 0 Å². The first kappa shape index (κ1) is 12.0. The van der Waals surface area contributed by atoms with E-state index in [1.54, 1.807) is 6.21 Å². The molecule has 0 fully saturated rings. The first-order valence-corrected chi connectivity index (χ1v) is 5.71. The lowest BCUT2D eigenvalue weighted by Gasteiger charge is -1.90. The average molecular weight is 271 g/mol. The van der Waals surface area contributed by atoms with Crippen LogP contribution in [-0.4, -0.2) is 36.3 Å². The molecule has 0 saturated carbocycles. The van der Waals surface area contributed by atoms with Crippen LogP contribution in [0.1, 0.15) is 5.56 Å². The molecule has 0 aromatic carbocycles. The molecule has 0 unspecified atom stereocenters. The second-order valence-corrected chi connectivity index (χ2v) is 3.91. The summed E-state index contributed by atoms with van der Waals surface area (Å²) >= 11 is 0. The molecular weight excluding hydrogens is 262 g/mol. The molecule has 3 N–H and O–H groups in total. The summed E-state index contributed by atoms with van der Waals surface area (Å²) in [5.41, 5.74) is 0.938. The van der Waals surface area contributed by atoms with Crippen molar-refractivity contribution in [3.63, 3.8) is 0 Å². The molecule has 1 aliphatic heterocycles. The molecule has 0 aliphatic carbocycles. The standard InChI is InChI=1S/C6H5N3O.C5H4N4O/c10-6-4-1-2-7-5(4)8-3-9-6;10-5-3-1-8-9-4(3)6-2-7-5/h2-3H,1H2,(H,8,9,10);1-2H,(H2,6,7,8,9,10). The zero-order valence-electron chi connectivity index (χ0n) is 10.1. The summed E-state index contributed by atoms with van der Waals surface area (Å²) in [7, 11) is 0. The molecule has 9 heteroatoms. The van der Waals surface area contributed by atoms with E-state index in [1.165, 1.54) is 18.9 Å². The molecule has 3 aromatic heterocycles. The SMILES string of the molecule is O=c1[nH]cnc2[nH]ncc12.O=c1[nH]cnc2c1CC=N2. The van der Waals surface area contributed by atoms with Gasteiger partial charge < -0.3 is 9.97 Å². The van der Waals surface area contributed by atoms with Crippen LogP contribution >= 0.6 is 0 Å². The van der Waals surface area contributed by atoms with Gasteiger partial charge in [-0.1, -0.05) is 0 Å². The van der Waals surface area contributed by atoms with Crippen LogP contribution in [-0.2, 0) is 6.42 Å². The minimum absolute atomic E-state index is 0.0810. The highest BCUT2D eigenvalue weighted by Gasteiger charge is 2.09. The molecule has 0 spiro atoms. The van der Waals surface area contributed by atoms with E-state index < -0.39 is 0 Å². The van der Waals surface area contributed by atoms with Crippen molar-refractivity contribution in [1.29, 1.82) is 0 Å². The van der Waals surface area contributed by atoms with E-state index in [-0.39, 0.29) is 11.1 Å². The first-order chi connectivity index (χ1) is 9.75. The first-order valence-electron chi connectivity index (χ1n) is 5.71. The molecule has 4 rings (SSSR count). The number of nitrogens with one attached hydrogen (secondary N) is 3.